The van der Waals surface area contributed by atoms with Gasteiger partial charge in [0.25, 0.3) is 15.9 Å². The fourth-order valence-electron chi connectivity index (χ4n) is 2.45. The zero-order chi connectivity index (χ0) is 20.1. The van der Waals surface area contributed by atoms with Crippen LogP contribution in [0.1, 0.15) is 35.3 Å². The molecule has 0 fully saturated rings. The number of anilines is 1. The highest BCUT2D eigenvalue weighted by atomic mass is 35.5. The Morgan fingerprint density at radius 1 is 1.11 bits per heavy atom. The summed E-state index contributed by atoms with van der Waals surface area (Å²) in [6.45, 7) is 1.89. The van der Waals surface area contributed by atoms with Crippen molar-refractivity contribution in [2.24, 2.45) is 0 Å². The van der Waals surface area contributed by atoms with Crippen LogP contribution in [0.3, 0.4) is 0 Å². The molecule has 3 aromatic rings. The van der Waals surface area contributed by atoms with Gasteiger partial charge in [-0.05, 0) is 36.2 Å². The summed E-state index contributed by atoms with van der Waals surface area (Å²) in [5, 5.41) is 10.6. The van der Waals surface area contributed by atoms with E-state index in [0.29, 0.717) is 17.0 Å². The molecule has 0 saturated heterocycles. The van der Waals surface area contributed by atoms with Gasteiger partial charge in [-0.2, -0.15) is 0 Å². The number of halogens is 1. The third-order valence-corrected chi connectivity index (χ3v) is 6.80. The Morgan fingerprint density at radius 2 is 1.79 bits per heavy atom. The maximum atomic E-state index is 12.7. The number of hydrogen-bond donors (Lipinski definition) is 2. The fraction of sp³-hybridized carbons (Fsp3) is 0.167. The maximum Gasteiger partial charge on any atom is 0.270 e. The van der Waals surface area contributed by atoms with E-state index in [1.165, 1.54) is 0 Å². The number of carbonyl (C=O) groups excluding carboxylic acids is 1. The molecule has 2 aromatic carbocycles. The molecule has 10 heteroatoms. The number of nitrogens with one attached hydrogen (secondary N) is 2. The van der Waals surface area contributed by atoms with E-state index in [-0.39, 0.29) is 15.5 Å². The van der Waals surface area contributed by atoms with E-state index in [2.05, 4.69) is 20.2 Å². The first-order valence-corrected chi connectivity index (χ1v) is 11.0. The molecule has 0 bridgehead atoms. The van der Waals surface area contributed by atoms with Crippen LogP contribution in [0.25, 0.3) is 0 Å². The maximum absolute atomic E-state index is 12.7. The molecule has 1 atom stereocenters. The predicted octanol–water partition coefficient (Wildman–Crippen LogP) is 3.87. The minimum absolute atomic E-state index is 0.0908. The van der Waals surface area contributed by atoms with Crippen LogP contribution in [0.15, 0.2) is 58.9 Å². The molecule has 0 saturated carbocycles. The first-order valence-electron chi connectivity index (χ1n) is 8.36. The van der Waals surface area contributed by atoms with Gasteiger partial charge in [0.05, 0.1) is 0 Å². The van der Waals surface area contributed by atoms with E-state index in [9.17, 15) is 13.2 Å². The zero-order valence-corrected chi connectivity index (χ0v) is 17.2. The van der Waals surface area contributed by atoms with Crippen molar-refractivity contribution in [1.82, 2.24) is 14.9 Å². The molecule has 3 rings (SSSR count). The largest absolute Gasteiger partial charge is 0.296 e. The number of nitrogens with zero attached hydrogens (tertiary/aromatic N) is 2. The Bertz CT molecular complexity index is 1050. The zero-order valence-electron chi connectivity index (χ0n) is 14.8. The molecule has 1 heterocycles. The van der Waals surface area contributed by atoms with Crippen molar-refractivity contribution in [1.29, 1.82) is 0 Å². The van der Waals surface area contributed by atoms with Gasteiger partial charge in [0.15, 0.2) is 0 Å². The lowest BCUT2D eigenvalue weighted by atomic mass is 10.1. The summed E-state index contributed by atoms with van der Waals surface area (Å²) in [5.41, 5.74) is 1.23. The minimum atomic E-state index is -3.88. The van der Waals surface area contributed by atoms with Crippen LogP contribution in [0.4, 0.5) is 5.13 Å². The lowest BCUT2D eigenvalue weighted by molar-refractivity contribution is 0.102. The molecule has 1 amide bonds. The van der Waals surface area contributed by atoms with E-state index in [4.69, 9.17) is 11.6 Å². The molecule has 1 aromatic heterocycles. The number of aromatic nitrogens is 2. The van der Waals surface area contributed by atoms with Crippen LogP contribution in [-0.4, -0.2) is 24.5 Å². The molecule has 2 N–H and O–H groups in total. The SMILES string of the molecule is CC[C@H](NS(=O)(=O)c1nnc(NC(=O)c2ccc(Cl)cc2)s1)c1ccccc1. The lowest BCUT2D eigenvalue weighted by Gasteiger charge is -2.16. The Balaban J connectivity index is 1.73. The number of carbonyl (C=O) groups is 1. The summed E-state index contributed by atoms with van der Waals surface area (Å²) in [7, 11) is -3.88. The van der Waals surface area contributed by atoms with Crippen molar-refractivity contribution < 1.29 is 13.2 Å². The summed E-state index contributed by atoms with van der Waals surface area (Å²) in [6.07, 6.45) is 0.572. The smallest absolute Gasteiger partial charge is 0.270 e. The van der Waals surface area contributed by atoms with Gasteiger partial charge < -0.3 is 0 Å². The van der Waals surface area contributed by atoms with Crippen molar-refractivity contribution in [3.63, 3.8) is 0 Å². The standard InChI is InChI=1S/C18H17ClN4O3S2/c1-2-15(12-6-4-3-5-7-12)23-28(25,26)18-22-21-17(27-18)20-16(24)13-8-10-14(19)11-9-13/h3-11,15,23H,2H2,1H3,(H,20,21,24)/t15-/m0/s1. The minimum Gasteiger partial charge on any atom is -0.296 e. The first kappa shape index (κ1) is 20.4. The highest BCUT2D eigenvalue weighted by Crippen LogP contribution is 2.24. The number of hydrogen-bond acceptors (Lipinski definition) is 6. The normalized spacial score (nSPS) is 12.5. The molecule has 0 radical (unpaired) electrons. The summed E-state index contributed by atoms with van der Waals surface area (Å²) in [4.78, 5) is 12.2. The first-order chi connectivity index (χ1) is 13.4. The highest BCUT2D eigenvalue weighted by molar-refractivity contribution is 7.91. The molecule has 0 aliphatic rings. The second-order valence-electron chi connectivity index (χ2n) is 5.83. The number of sulfonamides is 1. The number of benzene rings is 2. The van der Waals surface area contributed by atoms with Gasteiger partial charge >= 0.3 is 0 Å². The number of amides is 1. The molecule has 0 unspecified atom stereocenters. The van der Waals surface area contributed by atoms with Gasteiger partial charge in [0, 0.05) is 16.6 Å². The third-order valence-electron chi connectivity index (χ3n) is 3.87. The Hall–Kier alpha value is -2.33. The van der Waals surface area contributed by atoms with Gasteiger partial charge in [0.2, 0.25) is 9.47 Å². The quantitative estimate of drug-likeness (QED) is 0.547. The molecule has 0 aliphatic heterocycles. The van der Waals surface area contributed by atoms with Gasteiger partial charge in [0.1, 0.15) is 0 Å². The highest BCUT2D eigenvalue weighted by Gasteiger charge is 2.25. The van der Waals surface area contributed by atoms with Gasteiger partial charge in [-0.25, -0.2) is 13.1 Å². The molecule has 7 nitrogen and oxygen atoms in total. The van der Waals surface area contributed by atoms with Crippen LogP contribution in [0.5, 0.6) is 0 Å². The van der Waals surface area contributed by atoms with Gasteiger partial charge in [-0.1, -0.05) is 60.2 Å². The molecule has 28 heavy (non-hydrogen) atoms. The molecule has 0 spiro atoms. The monoisotopic (exact) mass is 436 g/mol. The van der Waals surface area contributed by atoms with E-state index in [1.807, 2.05) is 37.3 Å². The van der Waals surface area contributed by atoms with Crippen molar-refractivity contribution in [3.8, 4) is 0 Å². The number of rotatable bonds is 7. The predicted molar refractivity (Wildman–Crippen MR) is 109 cm³/mol. The topological polar surface area (TPSA) is 101 Å². The van der Waals surface area contributed by atoms with Crippen LogP contribution >= 0.6 is 22.9 Å². The Kier molecular flexibility index (Phi) is 6.40. The Labute approximate surface area is 171 Å². The molecule has 0 aliphatic carbocycles. The Morgan fingerprint density at radius 3 is 2.43 bits per heavy atom. The average Bonchev–Trinajstić information content (AvgIpc) is 3.17. The second-order valence-corrected chi connectivity index (χ2v) is 9.13. The van der Waals surface area contributed by atoms with E-state index >= 15 is 0 Å². The molecular weight excluding hydrogens is 420 g/mol. The molecular formula is C18H17ClN4O3S2. The summed E-state index contributed by atoms with van der Waals surface area (Å²) in [6, 6.07) is 15.2. The van der Waals surface area contributed by atoms with Crippen molar-refractivity contribution >= 4 is 44.0 Å². The summed E-state index contributed by atoms with van der Waals surface area (Å²) < 4.78 is 27.7. The van der Waals surface area contributed by atoms with E-state index < -0.39 is 15.9 Å². The van der Waals surface area contributed by atoms with Gasteiger partial charge in [-0.3, -0.25) is 10.1 Å². The van der Waals surface area contributed by atoms with Crippen LogP contribution in [0.2, 0.25) is 5.02 Å². The van der Waals surface area contributed by atoms with Crippen molar-refractivity contribution in [2.45, 2.75) is 23.7 Å². The van der Waals surface area contributed by atoms with Crippen molar-refractivity contribution in [3.05, 3.63) is 70.7 Å². The average molecular weight is 437 g/mol. The molecule has 146 valence electrons. The van der Waals surface area contributed by atoms with Crippen LogP contribution in [0, 0.1) is 0 Å². The van der Waals surface area contributed by atoms with Crippen LogP contribution in [-0.2, 0) is 10.0 Å². The third kappa shape index (κ3) is 4.93. The summed E-state index contributed by atoms with van der Waals surface area (Å²) in [5.74, 6) is -0.430. The second kappa shape index (κ2) is 8.78. The fourth-order valence-corrected chi connectivity index (χ4v) is 4.79. The lowest BCUT2D eigenvalue weighted by Crippen LogP contribution is -2.28. The van der Waals surface area contributed by atoms with E-state index in [1.54, 1.807) is 24.3 Å². The van der Waals surface area contributed by atoms with Gasteiger partial charge in [-0.15, -0.1) is 10.2 Å². The van der Waals surface area contributed by atoms with E-state index in [0.717, 1.165) is 16.9 Å². The van der Waals surface area contributed by atoms with Crippen molar-refractivity contribution in [2.75, 3.05) is 5.32 Å². The summed E-state index contributed by atoms with van der Waals surface area (Å²) >= 11 is 6.59. The van der Waals surface area contributed by atoms with Crippen LogP contribution < -0.4 is 10.0 Å².